The maximum atomic E-state index is 6.20. The van der Waals surface area contributed by atoms with Gasteiger partial charge in [0, 0.05) is 6.61 Å². The van der Waals surface area contributed by atoms with Gasteiger partial charge in [-0.1, -0.05) is 5.16 Å². The second-order valence-corrected chi connectivity index (χ2v) is 5.50. The number of hydrogen-bond donors (Lipinski definition) is 1. The summed E-state index contributed by atoms with van der Waals surface area (Å²) >= 11 is 0. The summed E-state index contributed by atoms with van der Waals surface area (Å²) in [7, 11) is 0. The molecule has 2 aliphatic rings. The molecule has 7 nitrogen and oxygen atoms in total. The van der Waals surface area contributed by atoms with E-state index in [0.29, 0.717) is 23.2 Å². The molecule has 0 bridgehead atoms. The highest BCUT2D eigenvalue weighted by Crippen LogP contribution is 2.39. The van der Waals surface area contributed by atoms with Crippen LogP contribution in [0.25, 0.3) is 11.6 Å². The van der Waals surface area contributed by atoms with Gasteiger partial charge in [-0.3, -0.25) is 0 Å². The molecule has 0 spiro atoms. The third-order valence-electron chi connectivity index (χ3n) is 4.14. The van der Waals surface area contributed by atoms with Gasteiger partial charge in [-0.2, -0.15) is 4.98 Å². The molecule has 0 radical (unpaired) electrons. The monoisotopic (exact) mass is 276 g/mol. The van der Waals surface area contributed by atoms with Gasteiger partial charge in [-0.05, 0) is 32.1 Å². The highest BCUT2D eigenvalue weighted by molar-refractivity contribution is 5.50. The van der Waals surface area contributed by atoms with Gasteiger partial charge in [-0.25, -0.2) is 4.98 Å². The van der Waals surface area contributed by atoms with Gasteiger partial charge < -0.3 is 19.4 Å². The molecule has 0 aromatic carbocycles. The van der Waals surface area contributed by atoms with E-state index in [4.69, 9.17) is 19.4 Å². The molecule has 1 atom stereocenters. The molecule has 3 heterocycles. The fourth-order valence-electron chi connectivity index (χ4n) is 2.73. The Bertz CT molecular complexity index is 611. The maximum Gasteiger partial charge on any atom is 0.280 e. The van der Waals surface area contributed by atoms with Gasteiger partial charge >= 0.3 is 0 Å². The number of hydrogen-bond acceptors (Lipinski definition) is 7. The van der Waals surface area contributed by atoms with Crippen LogP contribution in [-0.4, -0.2) is 21.7 Å². The Labute approximate surface area is 115 Å². The minimum Gasteiger partial charge on any atom is -0.445 e. The molecule has 2 N–H and O–H groups in total. The standard InChI is InChI=1S/C13H16N4O3/c14-13(4-2-5-13)12-16-11(20-17-12)9-10(19-7-15-9)8-3-1-6-18-8/h7-8H,1-6,14H2. The summed E-state index contributed by atoms with van der Waals surface area (Å²) < 4.78 is 16.4. The maximum absolute atomic E-state index is 6.20. The van der Waals surface area contributed by atoms with Crippen LogP contribution in [0.15, 0.2) is 15.3 Å². The summed E-state index contributed by atoms with van der Waals surface area (Å²) in [5.74, 6) is 1.58. The lowest BCUT2D eigenvalue weighted by molar-refractivity contribution is 0.0939. The van der Waals surface area contributed by atoms with Crippen LogP contribution >= 0.6 is 0 Å². The second-order valence-electron chi connectivity index (χ2n) is 5.50. The van der Waals surface area contributed by atoms with Crippen molar-refractivity contribution in [2.45, 2.75) is 43.7 Å². The summed E-state index contributed by atoms with van der Waals surface area (Å²) in [5.41, 5.74) is 6.33. The Morgan fingerprint density at radius 3 is 2.90 bits per heavy atom. The largest absolute Gasteiger partial charge is 0.445 e. The third kappa shape index (κ3) is 1.77. The van der Waals surface area contributed by atoms with E-state index in [0.717, 1.165) is 38.7 Å². The molecule has 7 heteroatoms. The molecular weight excluding hydrogens is 260 g/mol. The Kier molecular flexibility index (Phi) is 2.64. The van der Waals surface area contributed by atoms with Crippen molar-refractivity contribution in [2.75, 3.05) is 6.61 Å². The number of rotatable bonds is 3. The number of nitrogens with zero attached hydrogens (tertiary/aromatic N) is 3. The van der Waals surface area contributed by atoms with Gasteiger partial charge in [0.2, 0.25) is 0 Å². The van der Waals surface area contributed by atoms with E-state index >= 15 is 0 Å². The van der Waals surface area contributed by atoms with Crippen LogP contribution in [0.3, 0.4) is 0 Å². The van der Waals surface area contributed by atoms with Crippen LogP contribution in [0, 0.1) is 0 Å². The summed E-state index contributed by atoms with van der Waals surface area (Å²) in [6, 6.07) is 0. The molecule has 106 valence electrons. The number of ether oxygens (including phenoxy) is 1. The molecule has 4 rings (SSSR count). The topological polar surface area (TPSA) is 100 Å². The van der Waals surface area contributed by atoms with E-state index in [1.807, 2.05) is 0 Å². The van der Waals surface area contributed by atoms with E-state index in [-0.39, 0.29) is 6.10 Å². The number of nitrogens with two attached hydrogens (primary N) is 1. The van der Waals surface area contributed by atoms with Crippen molar-refractivity contribution < 1.29 is 13.7 Å². The predicted molar refractivity (Wildman–Crippen MR) is 67.4 cm³/mol. The minimum absolute atomic E-state index is 0.0709. The van der Waals surface area contributed by atoms with Gasteiger partial charge in [0.15, 0.2) is 23.7 Å². The van der Waals surface area contributed by atoms with E-state index in [1.54, 1.807) is 0 Å². The molecular formula is C13H16N4O3. The predicted octanol–water partition coefficient (Wildman–Crippen LogP) is 1.91. The van der Waals surface area contributed by atoms with E-state index in [9.17, 15) is 0 Å². The van der Waals surface area contributed by atoms with Crippen molar-refractivity contribution in [1.29, 1.82) is 0 Å². The Hall–Kier alpha value is -1.73. The lowest BCUT2D eigenvalue weighted by Crippen LogP contribution is -2.44. The Morgan fingerprint density at radius 1 is 1.30 bits per heavy atom. The molecule has 20 heavy (non-hydrogen) atoms. The Balaban J connectivity index is 1.66. The zero-order valence-corrected chi connectivity index (χ0v) is 11.0. The van der Waals surface area contributed by atoms with Crippen molar-refractivity contribution in [3.63, 3.8) is 0 Å². The second kappa shape index (κ2) is 4.39. The van der Waals surface area contributed by atoms with Crippen molar-refractivity contribution in [3.05, 3.63) is 18.0 Å². The first-order chi connectivity index (χ1) is 9.76. The van der Waals surface area contributed by atoms with Crippen molar-refractivity contribution in [1.82, 2.24) is 15.1 Å². The summed E-state index contributed by atoms with van der Waals surface area (Å²) in [6.45, 7) is 0.742. The van der Waals surface area contributed by atoms with E-state index in [2.05, 4.69) is 15.1 Å². The lowest BCUT2D eigenvalue weighted by Gasteiger charge is -2.34. The van der Waals surface area contributed by atoms with Gasteiger partial charge in [0.05, 0.1) is 5.54 Å². The summed E-state index contributed by atoms with van der Waals surface area (Å²) in [5, 5.41) is 4.00. The van der Waals surface area contributed by atoms with Gasteiger partial charge in [0.25, 0.3) is 5.89 Å². The summed E-state index contributed by atoms with van der Waals surface area (Å²) in [4.78, 5) is 8.58. The van der Waals surface area contributed by atoms with E-state index in [1.165, 1.54) is 6.39 Å². The first-order valence-electron chi connectivity index (χ1n) is 6.95. The molecule has 1 unspecified atom stereocenters. The van der Waals surface area contributed by atoms with Crippen LogP contribution in [0.1, 0.15) is 49.8 Å². The number of oxazole rings is 1. The van der Waals surface area contributed by atoms with Crippen LogP contribution in [0.4, 0.5) is 0 Å². The SMILES string of the molecule is NC1(c2noc(-c3ncoc3C3CCCO3)n2)CCC1. The lowest BCUT2D eigenvalue weighted by atomic mass is 9.77. The van der Waals surface area contributed by atoms with Crippen molar-refractivity contribution in [3.8, 4) is 11.6 Å². The van der Waals surface area contributed by atoms with Gasteiger partial charge in [0.1, 0.15) is 6.10 Å². The van der Waals surface area contributed by atoms with Gasteiger partial charge in [-0.15, -0.1) is 0 Å². The van der Waals surface area contributed by atoms with Crippen LogP contribution in [0.5, 0.6) is 0 Å². The zero-order valence-electron chi connectivity index (χ0n) is 11.0. The smallest absolute Gasteiger partial charge is 0.280 e. The van der Waals surface area contributed by atoms with E-state index < -0.39 is 5.54 Å². The van der Waals surface area contributed by atoms with Crippen molar-refractivity contribution >= 4 is 0 Å². The fourth-order valence-corrected chi connectivity index (χ4v) is 2.73. The molecule has 2 fully saturated rings. The molecule has 1 saturated heterocycles. The highest BCUT2D eigenvalue weighted by atomic mass is 16.5. The third-order valence-corrected chi connectivity index (χ3v) is 4.14. The Morgan fingerprint density at radius 2 is 2.20 bits per heavy atom. The van der Waals surface area contributed by atoms with Crippen LogP contribution < -0.4 is 5.73 Å². The average molecular weight is 276 g/mol. The van der Waals surface area contributed by atoms with Crippen LogP contribution in [0.2, 0.25) is 0 Å². The van der Waals surface area contributed by atoms with Crippen molar-refractivity contribution in [2.24, 2.45) is 5.73 Å². The molecule has 1 saturated carbocycles. The van der Waals surface area contributed by atoms with Crippen LogP contribution in [-0.2, 0) is 10.3 Å². The highest BCUT2D eigenvalue weighted by Gasteiger charge is 2.39. The quantitative estimate of drug-likeness (QED) is 0.913. The first-order valence-corrected chi connectivity index (χ1v) is 6.95. The summed E-state index contributed by atoms with van der Waals surface area (Å²) in [6.07, 6.45) is 6.14. The normalized spacial score (nSPS) is 24.8. The number of aromatic nitrogens is 3. The molecule has 2 aromatic heterocycles. The molecule has 0 amide bonds. The average Bonchev–Trinajstić information content (AvgIpc) is 3.13. The molecule has 1 aliphatic carbocycles. The fraction of sp³-hybridized carbons (Fsp3) is 0.615. The molecule has 1 aliphatic heterocycles. The minimum atomic E-state index is -0.435. The first kappa shape index (κ1) is 12.0. The zero-order chi connectivity index (χ0) is 13.6. The molecule has 2 aromatic rings.